The molecule has 1 fully saturated rings. The van der Waals surface area contributed by atoms with E-state index in [1.165, 1.54) is 0 Å². The van der Waals surface area contributed by atoms with Gasteiger partial charge in [0.2, 0.25) is 0 Å². The van der Waals surface area contributed by atoms with Crippen molar-refractivity contribution in [3.8, 4) is 0 Å². The number of nitrogens with zero attached hydrogens (tertiary/aromatic N) is 2. The molecule has 0 radical (unpaired) electrons. The standard InChI is InChI=1S/C20H23ClN2O/c1-14(15-7-5-8-16(21)13-15)17-9-6-11-22-19(17)20(24)18-10-3-4-12-23(18)2/h5-9,11,13-14,18H,3-4,10,12H2,1-2H3. The van der Waals surface area contributed by atoms with Crippen molar-refractivity contribution < 1.29 is 4.79 Å². The number of benzene rings is 1. The molecule has 2 unspecified atom stereocenters. The minimum absolute atomic E-state index is 0.0565. The van der Waals surface area contributed by atoms with E-state index in [-0.39, 0.29) is 17.7 Å². The number of carbonyl (C=O) groups excluding carboxylic acids is 1. The van der Waals surface area contributed by atoms with Crippen molar-refractivity contribution >= 4 is 17.4 Å². The molecule has 0 N–H and O–H groups in total. The SMILES string of the molecule is CC(c1cccc(Cl)c1)c1cccnc1C(=O)C1CCCCN1C. The molecule has 24 heavy (non-hydrogen) atoms. The lowest BCUT2D eigenvalue weighted by atomic mass is 9.88. The first kappa shape index (κ1) is 17.1. The molecule has 0 amide bonds. The minimum Gasteiger partial charge on any atom is -0.296 e. The summed E-state index contributed by atoms with van der Waals surface area (Å²) in [4.78, 5) is 19.7. The number of halogens is 1. The average molecular weight is 343 g/mol. The number of likely N-dealkylation sites (tertiary alicyclic amines) is 1. The van der Waals surface area contributed by atoms with E-state index in [4.69, 9.17) is 11.6 Å². The Kier molecular flexibility index (Phi) is 5.32. The lowest BCUT2D eigenvalue weighted by Crippen LogP contribution is -2.42. The van der Waals surface area contributed by atoms with E-state index in [0.717, 1.165) is 36.9 Å². The van der Waals surface area contributed by atoms with Gasteiger partial charge in [-0.25, -0.2) is 0 Å². The number of hydrogen-bond donors (Lipinski definition) is 0. The maximum atomic E-state index is 13.1. The number of likely N-dealkylation sites (N-methyl/N-ethyl adjacent to an activating group) is 1. The maximum Gasteiger partial charge on any atom is 0.198 e. The van der Waals surface area contributed by atoms with E-state index in [0.29, 0.717) is 10.7 Å². The van der Waals surface area contributed by atoms with Crippen molar-refractivity contribution in [3.63, 3.8) is 0 Å². The van der Waals surface area contributed by atoms with Crippen LogP contribution in [0.3, 0.4) is 0 Å². The van der Waals surface area contributed by atoms with Gasteiger partial charge in [0.1, 0.15) is 5.69 Å². The van der Waals surface area contributed by atoms with E-state index in [1.807, 2.05) is 43.4 Å². The summed E-state index contributed by atoms with van der Waals surface area (Å²) in [5.74, 6) is 0.215. The molecule has 2 atom stereocenters. The zero-order valence-corrected chi connectivity index (χ0v) is 15.0. The maximum absolute atomic E-state index is 13.1. The Labute approximate surface area is 148 Å². The van der Waals surface area contributed by atoms with Crippen LogP contribution in [0.4, 0.5) is 0 Å². The summed E-state index contributed by atoms with van der Waals surface area (Å²) >= 11 is 6.13. The number of rotatable bonds is 4. The van der Waals surface area contributed by atoms with Crippen molar-refractivity contribution in [1.29, 1.82) is 0 Å². The van der Waals surface area contributed by atoms with Crippen LogP contribution in [0, 0.1) is 0 Å². The molecule has 0 spiro atoms. The molecule has 2 heterocycles. The molecule has 0 bridgehead atoms. The fourth-order valence-corrected chi connectivity index (χ4v) is 3.69. The number of hydrogen-bond acceptors (Lipinski definition) is 3. The van der Waals surface area contributed by atoms with Gasteiger partial charge in [-0.15, -0.1) is 0 Å². The monoisotopic (exact) mass is 342 g/mol. The van der Waals surface area contributed by atoms with Crippen LogP contribution in [0.2, 0.25) is 5.02 Å². The highest BCUT2D eigenvalue weighted by Crippen LogP contribution is 2.29. The van der Waals surface area contributed by atoms with Gasteiger partial charge in [0.25, 0.3) is 0 Å². The summed E-state index contributed by atoms with van der Waals surface area (Å²) in [6.45, 7) is 3.08. The molecule has 0 saturated carbocycles. The Morgan fingerprint density at radius 3 is 2.88 bits per heavy atom. The highest BCUT2D eigenvalue weighted by atomic mass is 35.5. The van der Waals surface area contributed by atoms with Crippen LogP contribution >= 0.6 is 11.6 Å². The Morgan fingerprint density at radius 1 is 1.29 bits per heavy atom. The molecular weight excluding hydrogens is 320 g/mol. The number of piperidine rings is 1. The summed E-state index contributed by atoms with van der Waals surface area (Å²) in [5, 5.41) is 0.711. The predicted molar refractivity (Wildman–Crippen MR) is 97.8 cm³/mol. The van der Waals surface area contributed by atoms with Crippen molar-refractivity contribution in [2.75, 3.05) is 13.6 Å². The molecule has 1 aliphatic rings. The van der Waals surface area contributed by atoms with Crippen LogP contribution in [0.1, 0.15) is 53.7 Å². The summed E-state index contributed by atoms with van der Waals surface area (Å²) in [6, 6.07) is 11.7. The van der Waals surface area contributed by atoms with Crippen LogP contribution in [0.5, 0.6) is 0 Å². The fraction of sp³-hybridized carbons (Fsp3) is 0.400. The third-order valence-corrected chi connectivity index (χ3v) is 5.20. The van der Waals surface area contributed by atoms with Crippen LogP contribution in [-0.4, -0.2) is 35.3 Å². The van der Waals surface area contributed by atoms with Crippen molar-refractivity contribution in [2.45, 2.75) is 38.1 Å². The lowest BCUT2D eigenvalue weighted by molar-refractivity contribution is 0.0792. The van der Waals surface area contributed by atoms with Gasteiger partial charge in [-0.2, -0.15) is 0 Å². The average Bonchev–Trinajstić information content (AvgIpc) is 2.61. The number of aromatic nitrogens is 1. The van der Waals surface area contributed by atoms with Crippen molar-refractivity contribution in [3.05, 3.63) is 64.4 Å². The third kappa shape index (κ3) is 3.52. The van der Waals surface area contributed by atoms with Gasteiger partial charge in [0.15, 0.2) is 5.78 Å². The molecule has 4 heteroatoms. The van der Waals surface area contributed by atoms with Gasteiger partial charge < -0.3 is 0 Å². The van der Waals surface area contributed by atoms with Crippen LogP contribution in [0.15, 0.2) is 42.6 Å². The number of carbonyl (C=O) groups is 1. The van der Waals surface area contributed by atoms with E-state index in [1.54, 1.807) is 6.20 Å². The van der Waals surface area contributed by atoms with E-state index < -0.39 is 0 Å². The molecule has 1 saturated heterocycles. The highest BCUT2D eigenvalue weighted by molar-refractivity contribution is 6.30. The van der Waals surface area contributed by atoms with Crippen LogP contribution < -0.4 is 0 Å². The molecule has 3 rings (SSSR count). The molecule has 1 aliphatic heterocycles. The predicted octanol–water partition coefficient (Wildman–Crippen LogP) is 4.55. The second-order valence-corrected chi connectivity index (χ2v) is 7.01. The van der Waals surface area contributed by atoms with Gasteiger partial charge in [0.05, 0.1) is 6.04 Å². The number of ketones is 1. The van der Waals surface area contributed by atoms with Crippen molar-refractivity contribution in [1.82, 2.24) is 9.88 Å². The minimum atomic E-state index is -0.0565. The number of Topliss-reactive ketones (excluding diaryl/α,β-unsaturated/α-hetero) is 1. The Balaban J connectivity index is 1.94. The van der Waals surface area contributed by atoms with Gasteiger partial charge in [-0.3, -0.25) is 14.7 Å². The summed E-state index contributed by atoms with van der Waals surface area (Å²) < 4.78 is 0. The molecule has 3 nitrogen and oxygen atoms in total. The fourth-order valence-electron chi connectivity index (χ4n) is 3.49. The Hall–Kier alpha value is -1.71. The quantitative estimate of drug-likeness (QED) is 0.764. The summed E-state index contributed by atoms with van der Waals surface area (Å²) in [7, 11) is 2.03. The topological polar surface area (TPSA) is 33.2 Å². The molecule has 126 valence electrons. The van der Waals surface area contributed by atoms with E-state index >= 15 is 0 Å². The normalized spacial score (nSPS) is 19.9. The zero-order valence-electron chi connectivity index (χ0n) is 14.2. The second kappa shape index (κ2) is 7.45. The molecule has 0 aliphatic carbocycles. The van der Waals surface area contributed by atoms with Gasteiger partial charge in [-0.05, 0) is 55.8 Å². The van der Waals surface area contributed by atoms with E-state index in [2.05, 4.69) is 16.8 Å². The largest absolute Gasteiger partial charge is 0.296 e. The van der Waals surface area contributed by atoms with Crippen molar-refractivity contribution in [2.24, 2.45) is 0 Å². The summed E-state index contributed by atoms with van der Waals surface area (Å²) in [5.41, 5.74) is 2.68. The first-order chi connectivity index (χ1) is 11.6. The zero-order chi connectivity index (χ0) is 17.1. The first-order valence-corrected chi connectivity index (χ1v) is 8.90. The lowest BCUT2D eigenvalue weighted by Gasteiger charge is -2.31. The number of pyridine rings is 1. The Morgan fingerprint density at radius 2 is 2.12 bits per heavy atom. The van der Waals surface area contributed by atoms with Gasteiger partial charge in [-0.1, -0.05) is 43.1 Å². The van der Waals surface area contributed by atoms with Gasteiger partial charge >= 0.3 is 0 Å². The smallest absolute Gasteiger partial charge is 0.198 e. The molecule has 1 aromatic carbocycles. The molecule has 2 aromatic rings. The van der Waals surface area contributed by atoms with Crippen LogP contribution in [-0.2, 0) is 0 Å². The van der Waals surface area contributed by atoms with E-state index in [9.17, 15) is 4.79 Å². The molecular formula is C20H23ClN2O. The third-order valence-electron chi connectivity index (χ3n) is 4.96. The van der Waals surface area contributed by atoms with Gasteiger partial charge in [0, 0.05) is 17.1 Å². The summed E-state index contributed by atoms with van der Waals surface area (Å²) in [6.07, 6.45) is 4.89. The first-order valence-electron chi connectivity index (χ1n) is 8.52. The highest BCUT2D eigenvalue weighted by Gasteiger charge is 2.30. The van der Waals surface area contributed by atoms with Crippen LogP contribution in [0.25, 0.3) is 0 Å². The molecule has 1 aromatic heterocycles. The second-order valence-electron chi connectivity index (χ2n) is 6.57. The Bertz CT molecular complexity index is 731.